The second kappa shape index (κ2) is 8.44. The van der Waals surface area contributed by atoms with Gasteiger partial charge in [0.15, 0.2) is 17.3 Å². The first kappa shape index (κ1) is 20.3. The van der Waals surface area contributed by atoms with Crippen LogP contribution in [0.15, 0.2) is 70.6 Å². The number of ether oxygens (including phenoxy) is 2. The third-order valence-corrected chi connectivity index (χ3v) is 5.07. The summed E-state index contributed by atoms with van der Waals surface area (Å²) in [6.07, 6.45) is 1.63. The zero-order chi connectivity index (χ0) is 22.0. The van der Waals surface area contributed by atoms with Gasteiger partial charge in [-0.25, -0.2) is 4.98 Å². The maximum absolute atomic E-state index is 13.3. The van der Waals surface area contributed by atoms with Gasteiger partial charge < -0.3 is 9.47 Å². The van der Waals surface area contributed by atoms with Gasteiger partial charge in [-0.3, -0.25) is 4.79 Å². The van der Waals surface area contributed by atoms with Crippen molar-refractivity contribution in [2.45, 2.75) is 13.8 Å². The Morgan fingerprint density at radius 2 is 1.71 bits per heavy atom. The summed E-state index contributed by atoms with van der Waals surface area (Å²) < 4.78 is 12.2. The third-order valence-electron chi connectivity index (χ3n) is 5.07. The van der Waals surface area contributed by atoms with Crippen LogP contribution in [0.25, 0.3) is 22.3 Å². The van der Waals surface area contributed by atoms with Crippen molar-refractivity contribution in [2.24, 2.45) is 5.10 Å². The lowest BCUT2D eigenvalue weighted by Crippen LogP contribution is -2.20. The van der Waals surface area contributed by atoms with E-state index in [2.05, 4.69) is 5.10 Å². The van der Waals surface area contributed by atoms with Crippen molar-refractivity contribution in [2.75, 3.05) is 14.2 Å². The van der Waals surface area contributed by atoms with Gasteiger partial charge in [0.2, 0.25) is 0 Å². The monoisotopic (exact) mass is 413 g/mol. The Balaban J connectivity index is 1.89. The van der Waals surface area contributed by atoms with Crippen LogP contribution in [-0.4, -0.2) is 30.1 Å². The second-order valence-corrected chi connectivity index (χ2v) is 7.25. The molecule has 0 amide bonds. The fraction of sp³-hybridized carbons (Fsp3) is 0.160. The Morgan fingerprint density at radius 1 is 0.968 bits per heavy atom. The molecule has 0 aliphatic carbocycles. The van der Waals surface area contributed by atoms with Gasteiger partial charge in [-0.15, -0.1) is 0 Å². The van der Waals surface area contributed by atoms with Crippen molar-refractivity contribution in [1.82, 2.24) is 9.66 Å². The van der Waals surface area contributed by atoms with Gasteiger partial charge in [0.25, 0.3) is 5.56 Å². The fourth-order valence-electron chi connectivity index (χ4n) is 3.50. The van der Waals surface area contributed by atoms with E-state index in [0.717, 1.165) is 22.3 Å². The molecule has 0 bridgehead atoms. The molecule has 0 spiro atoms. The number of hydrogen-bond acceptors (Lipinski definition) is 5. The molecule has 0 fully saturated rings. The molecule has 31 heavy (non-hydrogen) atoms. The van der Waals surface area contributed by atoms with Gasteiger partial charge in [-0.1, -0.05) is 42.0 Å². The number of fused-ring (bicyclic) bond motifs is 1. The quantitative estimate of drug-likeness (QED) is 0.449. The van der Waals surface area contributed by atoms with Crippen LogP contribution in [0, 0.1) is 13.8 Å². The number of para-hydroxylation sites is 1. The summed E-state index contributed by atoms with van der Waals surface area (Å²) in [5, 5.41) is 5.03. The molecule has 156 valence electrons. The van der Waals surface area contributed by atoms with E-state index < -0.39 is 0 Å². The second-order valence-electron chi connectivity index (χ2n) is 7.25. The molecule has 0 aliphatic rings. The molecule has 0 N–H and O–H groups in total. The average Bonchev–Trinajstić information content (AvgIpc) is 2.78. The molecule has 6 heteroatoms. The summed E-state index contributed by atoms with van der Waals surface area (Å²) in [6.45, 7) is 3.95. The average molecular weight is 413 g/mol. The molecule has 6 nitrogen and oxygen atoms in total. The van der Waals surface area contributed by atoms with Crippen molar-refractivity contribution in [3.8, 4) is 22.9 Å². The van der Waals surface area contributed by atoms with Crippen LogP contribution in [-0.2, 0) is 0 Å². The van der Waals surface area contributed by atoms with Gasteiger partial charge in [0, 0.05) is 5.56 Å². The number of hydrogen-bond donors (Lipinski definition) is 0. The van der Waals surface area contributed by atoms with Gasteiger partial charge >= 0.3 is 0 Å². The van der Waals surface area contributed by atoms with E-state index in [1.165, 1.54) is 4.68 Å². The van der Waals surface area contributed by atoms with Crippen molar-refractivity contribution in [3.63, 3.8) is 0 Å². The summed E-state index contributed by atoms with van der Waals surface area (Å²) in [7, 11) is 3.19. The topological polar surface area (TPSA) is 65.7 Å². The van der Waals surface area contributed by atoms with Crippen LogP contribution >= 0.6 is 0 Å². The molecule has 3 aromatic carbocycles. The molecule has 0 saturated heterocycles. The molecule has 0 saturated carbocycles. The number of benzene rings is 3. The van der Waals surface area contributed by atoms with Crippen molar-refractivity contribution in [1.29, 1.82) is 0 Å². The van der Waals surface area contributed by atoms with E-state index in [1.807, 2.05) is 68.4 Å². The summed E-state index contributed by atoms with van der Waals surface area (Å²) in [6, 6.07) is 18.9. The van der Waals surface area contributed by atoms with Gasteiger partial charge in [0.05, 0.1) is 31.3 Å². The normalized spacial score (nSPS) is 11.2. The molecule has 0 unspecified atom stereocenters. The first-order chi connectivity index (χ1) is 15.0. The maximum atomic E-state index is 13.3. The van der Waals surface area contributed by atoms with Crippen LogP contribution in [0.4, 0.5) is 0 Å². The number of rotatable bonds is 5. The zero-order valence-corrected chi connectivity index (χ0v) is 17.9. The van der Waals surface area contributed by atoms with Crippen LogP contribution in [0.3, 0.4) is 0 Å². The van der Waals surface area contributed by atoms with Gasteiger partial charge in [-0.05, 0) is 49.2 Å². The molecule has 0 atom stereocenters. The molecule has 1 aromatic heterocycles. The SMILES string of the molecule is COc1cc(/C=N/n2c(-c3ccc(C)cc3)nc3ccccc3c2=O)cc(C)c1OC. The van der Waals surface area contributed by atoms with E-state index in [0.29, 0.717) is 28.2 Å². The molecule has 4 rings (SSSR count). The Kier molecular flexibility index (Phi) is 5.54. The van der Waals surface area contributed by atoms with E-state index in [9.17, 15) is 4.79 Å². The Labute approximate surface area is 180 Å². The fourth-order valence-corrected chi connectivity index (χ4v) is 3.50. The largest absolute Gasteiger partial charge is 0.493 e. The highest BCUT2D eigenvalue weighted by molar-refractivity contribution is 5.83. The highest BCUT2D eigenvalue weighted by Gasteiger charge is 2.13. The predicted octanol–water partition coefficient (Wildman–Crippen LogP) is 4.58. The molecule has 0 radical (unpaired) electrons. The highest BCUT2D eigenvalue weighted by atomic mass is 16.5. The van der Waals surface area contributed by atoms with Crippen LogP contribution < -0.4 is 15.0 Å². The number of aryl methyl sites for hydroxylation is 2. The van der Waals surface area contributed by atoms with Crippen LogP contribution in [0.2, 0.25) is 0 Å². The minimum Gasteiger partial charge on any atom is -0.493 e. The zero-order valence-electron chi connectivity index (χ0n) is 17.9. The maximum Gasteiger partial charge on any atom is 0.282 e. The molecule has 4 aromatic rings. The lowest BCUT2D eigenvalue weighted by molar-refractivity contribution is 0.353. The lowest BCUT2D eigenvalue weighted by Gasteiger charge is -2.12. The minimum absolute atomic E-state index is 0.227. The Morgan fingerprint density at radius 3 is 2.42 bits per heavy atom. The van der Waals surface area contributed by atoms with Crippen LogP contribution in [0.1, 0.15) is 16.7 Å². The number of methoxy groups -OCH3 is 2. The van der Waals surface area contributed by atoms with E-state index in [1.54, 1.807) is 26.5 Å². The van der Waals surface area contributed by atoms with Crippen LogP contribution in [0.5, 0.6) is 11.5 Å². The molecule has 1 heterocycles. The van der Waals surface area contributed by atoms with Gasteiger partial charge in [-0.2, -0.15) is 9.78 Å². The van der Waals surface area contributed by atoms with E-state index in [4.69, 9.17) is 14.5 Å². The number of nitrogens with zero attached hydrogens (tertiary/aromatic N) is 3. The van der Waals surface area contributed by atoms with Crippen molar-refractivity contribution in [3.05, 3.63) is 87.7 Å². The van der Waals surface area contributed by atoms with Crippen molar-refractivity contribution < 1.29 is 9.47 Å². The van der Waals surface area contributed by atoms with E-state index >= 15 is 0 Å². The number of aromatic nitrogens is 2. The smallest absolute Gasteiger partial charge is 0.282 e. The minimum atomic E-state index is -0.227. The summed E-state index contributed by atoms with van der Waals surface area (Å²) >= 11 is 0. The third kappa shape index (κ3) is 3.92. The van der Waals surface area contributed by atoms with E-state index in [-0.39, 0.29) is 5.56 Å². The first-order valence-corrected chi connectivity index (χ1v) is 9.87. The van der Waals surface area contributed by atoms with Crippen molar-refractivity contribution >= 4 is 17.1 Å². The molecular weight excluding hydrogens is 390 g/mol. The summed E-state index contributed by atoms with van der Waals surface area (Å²) in [5.74, 6) is 1.76. The summed E-state index contributed by atoms with van der Waals surface area (Å²) in [4.78, 5) is 18.0. The Hall–Kier alpha value is -3.93. The van der Waals surface area contributed by atoms with Gasteiger partial charge in [0.1, 0.15) is 0 Å². The Bertz CT molecular complexity index is 1340. The summed E-state index contributed by atoms with van der Waals surface area (Å²) in [5.41, 5.74) is 4.04. The highest BCUT2D eigenvalue weighted by Crippen LogP contribution is 2.31. The molecule has 0 aliphatic heterocycles. The standard InChI is InChI=1S/C25H23N3O3/c1-16-9-11-19(12-10-16)24-27-21-8-6-5-7-20(21)25(29)28(24)26-15-18-13-17(2)23(31-4)22(14-18)30-3/h5-15H,1-4H3/b26-15+. The predicted molar refractivity (Wildman–Crippen MR) is 123 cm³/mol. The molecular formula is C25H23N3O3. The first-order valence-electron chi connectivity index (χ1n) is 9.87. The lowest BCUT2D eigenvalue weighted by atomic mass is 10.1.